The number of hydrogen-bond donors (Lipinski definition) is 0. The second kappa shape index (κ2) is 8.24. The van der Waals surface area contributed by atoms with Crippen LogP contribution in [-0.2, 0) is 17.5 Å². The van der Waals surface area contributed by atoms with Crippen LogP contribution in [0.5, 0.6) is 0 Å². The largest absolute Gasteiger partial charge is 0.457 e. The van der Waals surface area contributed by atoms with Crippen molar-refractivity contribution in [2.24, 2.45) is 4.99 Å². The van der Waals surface area contributed by atoms with Crippen molar-refractivity contribution in [2.75, 3.05) is 14.1 Å². The average molecular weight is 378 g/mol. The minimum atomic E-state index is -4.43. The van der Waals surface area contributed by atoms with Gasteiger partial charge in [-0.25, -0.2) is 9.79 Å². The van der Waals surface area contributed by atoms with Gasteiger partial charge in [-0.15, -0.1) is 0 Å². The van der Waals surface area contributed by atoms with Crippen LogP contribution >= 0.6 is 0 Å². The van der Waals surface area contributed by atoms with Crippen molar-refractivity contribution in [3.63, 3.8) is 0 Å². The summed E-state index contributed by atoms with van der Waals surface area (Å²) < 4.78 is 43.5. The van der Waals surface area contributed by atoms with Crippen LogP contribution in [0.3, 0.4) is 0 Å². The van der Waals surface area contributed by atoms with Gasteiger partial charge in [0.15, 0.2) is 0 Å². The van der Waals surface area contributed by atoms with E-state index in [0.29, 0.717) is 5.56 Å². The summed E-state index contributed by atoms with van der Waals surface area (Å²) in [6, 6.07) is 8.05. The molecular formula is C20H21F3N2O2. The lowest BCUT2D eigenvalue weighted by molar-refractivity contribution is -0.137. The second-order valence-electron chi connectivity index (χ2n) is 6.36. The quantitative estimate of drug-likeness (QED) is 0.422. The number of carbonyl (C=O) groups is 1. The third-order valence-corrected chi connectivity index (χ3v) is 4.03. The molecule has 27 heavy (non-hydrogen) atoms. The second-order valence-corrected chi connectivity index (χ2v) is 6.36. The molecule has 0 bridgehead atoms. The summed E-state index contributed by atoms with van der Waals surface area (Å²) in [5.74, 6) is -0.587. The summed E-state index contributed by atoms with van der Waals surface area (Å²) in [6.07, 6.45) is -2.77. The Morgan fingerprint density at radius 1 is 1.15 bits per heavy atom. The van der Waals surface area contributed by atoms with Gasteiger partial charge >= 0.3 is 12.1 Å². The van der Waals surface area contributed by atoms with Gasteiger partial charge in [0, 0.05) is 14.1 Å². The zero-order chi connectivity index (χ0) is 20.2. The molecule has 0 aliphatic carbocycles. The fourth-order valence-corrected chi connectivity index (χ4v) is 2.41. The highest BCUT2D eigenvalue weighted by molar-refractivity contribution is 5.92. The minimum Gasteiger partial charge on any atom is -0.457 e. The molecule has 2 aromatic carbocycles. The molecule has 144 valence electrons. The number of ether oxygens (including phenoxy) is 1. The number of benzene rings is 2. The Bertz CT molecular complexity index is 859. The Morgan fingerprint density at radius 3 is 2.48 bits per heavy atom. The standard InChI is InChI=1S/C20H21F3N2O2/c1-13-14(2)18(24-12-25(3)4)9-8-17(13)19(26)27-11-15-6-5-7-16(10-15)20(21,22)23/h5-10,12H,11H2,1-4H3/b24-12+. The third kappa shape index (κ3) is 5.32. The number of halogens is 3. The summed E-state index contributed by atoms with van der Waals surface area (Å²) in [7, 11) is 3.70. The van der Waals surface area contributed by atoms with Gasteiger partial charge in [-0.2, -0.15) is 13.2 Å². The zero-order valence-electron chi connectivity index (χ0n) is 15.6. The fourth-order valence-electron chi connectivity index (χ4n) is 2.41. The molecule has 2 rings (SSSR count). The van der Waals surface area contributed by atoms with Gasteiger partial charge in [0.25, 0.3) is 0 Å². The third-order valence-electron chi connectivity index (χ3n) is 4.03. The highest BCUT2D eigenvalue weighted by atomic mass is 19.4. The Hall–Kier alpha value is -2.83. The first-order valence-corrected chi connectivity index (χ1v) is 8.23. The normalized spacial score (nSPS) is 11.7. The number of nitrogens with zero attached hydrogens (tertiary/aromatic N) is 2. The number of rotatable bonds is 5. The molecule has 0 unspecified atom stereocenters. The van der Waals surface area contributed by atoms with Crippen molar-refractivity contribution < 1.29 is 22.7 Å². The molecule has 0 aliphatic heterocycles. The first-order chi connectivity index (χ1) is 12.6. The van der Waals surface area contributed by atoms with Gasteiger partial charge in [-0.3, -0.25) is 0 Å². The van der Waals surface area contributed by atoms with E-state index in [9.17, 15) is 18.0 Å². The molecular weight excluding hydrogens is 357 g/mol. The minimum absolute atomic E-state index is 0.234. The SMILES string of the molecule is Cc1c(/N=C/N(C)C)ccc(C(=O)OCc2cccc(C(F)(F)F)c2)c1C. The molecule has 0 heterocycles. The van der Waals surface area contributed by atoms with E-state index in [1.807, 2.05) is 21.0 Å². The summed E-state index contributed by atoms with van der Waals surface area (Å²) in [5, 5.41) is 0. The Kier molecular flexibility index (Phi) is 6.25. The predicted octanol–water partition coefficient (Wildman–Crippen LogP) is 4.90. The van der Waals surface area contributed by atoms with Crippen LogP contribution in [0.2, 0.25) is 0 Å². The van der Waals surface area contributed by atoms with Crippen LogP contribution in [0.25, 0.3) is 0 Å². The monoisotopic (exact) mass is 378 g/mol. The number of esters is 1. The lowest BCUT2D eigenvalue weighted by atomic mass is 10.0. The summed E-state index contributed by atoms with van der Waals surface area (Å²) >= 11 is 0. The molecule has 0 saturated heterocycles. The van der Waals surface area contributed by atoms with Crippen LogP contribution in [-0.4, -0.2) is 31.3 Å². The first-order valence-electron chi connectivity index (χ1n) is 8.23. The van der Waals surface area contributed by atoms with Crippen LogP contribution in [0, 0.1) is 13.8 Å². The molecule has 0 saturated carbocycles. The number of carbonyl (C=O) groups excluding carboxylic acids is 1. The van der Waals surface area contributed by atoms with E-state index < -0.39 is 17.7 Å². The Balaban J connectivity index is 2.14. The van der Waals surface area contributed by atoms with E-state index >= 15 is 0 Å². The van der Waals surface area contributed by atoms with Gasteiger partial charge in [0.2, 0.25) is 0 Å². The topological polar surface area (TPSA) is 41.9 Å². The van der Waals surface area contributed by atoms with Gasteiger partial charge in [0.1, 0.15) is 6.61 Å². The number of hydrogen-bond acceptors (Lipinski definition) is 3. The molecule has 0 N–H and O–H groups in total. The van der Waals surface area contributed by atoms with E-state index in [-0.39, 0.29) is 12.2 Å². The molecule has 0 fully saturated rings. The molecule has 0 atom stereocenters. The lowest BCUT2D eigenvalue weighted by Gasteiger charge is -2.12. The highest BCUT2D eigenvalue weighted by Crippen LogP contribution is 2.30. The van der Waals surface area contributed by atoms with Crippen LogP contribution < -0.4 is 0 Å². The summed E-state index contributed by atoms with van der Waals surface area (Å²) in [5.41, 5.74) is 2.16. The zero-order valence-corrected chi connectivity index (χ0v) is 15.6. The predicted molar refractivity (Wildman–Crippen MR) is 98.3 cm³/mol. The number of alkyl halides is 3. The maximum Gasteiger partial charge on any atom is 0.416 e. The van der Waals surface area contributed by atoms with E-state index in [1.54, 1.807) is 30.3 Å². The van der Waals surface area contributed by atoms with Crippen LogP contribution in [0.1, 0.15) is 32.6 Å². The Morgan fingerprint density at radius 2 is 1.85 bits per heavy atom. The molecule has 0 amide bonds. The van der Waals surface area contributed by atoms with Gasteiger partial charge < -0.3 is 9.64 Å². The molecule has 0 aliphatic rings. The van der Waals surface area contributed by atoms with Crippen molar-refractivity contribution in [2.45, 2.75) is 26.6 Å². The first kappa shape index (κ1) is 20.5. The van der Waals surface area contributed by atoms with Gasteiger partial charge in [-0.1, -0.05) is 12.1 Å². The van der Waals surface area contributed by atoms with E-state index in [2.05, 4.69) is 4.99 Å². The lowest BCUT2D eigenvalue weighted by Crippen LogP contribution is -2.10. The van der Waals surface area contributed by atoms with E-state index in [0.717, 1.165) is 28.9 Å². The molecule has 7 heteroatoms. The number of aliphatic imine (C=N–C) groups is 1. The maximum atomic E-state index is 12.8. The maximum absolute atomic E-state index is 12.8. The van der Waals surface area contributed by atoms with E-state index in [4.69, 9.17) is 4.74 Å². The van der Waals surface area contributed by atoms with Crippen molar-refractivity contribution in [3.8, 4) is 0 Å². The molecule has 0 radical (unpaired) electrons. The van der Waals surface area contributed by atoms with Crippen molar-refractivity contribution >= 4 is 18.0 Å². The fraction of sp³-hybridized carbons (Fsp3) is 0.300. The molecule has 4 nitrogen and oxygen atoms in total. The molecule has 0 aromatic heterocycles. The van der Waals surface area contributed by atoms with E-state index in [1.165, 1.54) is 12.1 Å². The molecule has 2 aromatic rings. The van der Waals surface area contributed by atoms with Crippen LogP contribution in [0.4, 0.5) is 18.9 Å². The summed E-state index contributed by atoms with van der Waals surface area (Å²) in [4.78, 5) is 18.5. The average Bonchev–Trinajstić information content (AvgIpc) is 2.60. The summed E-state index contributed by atoms with van der Waals surface area (Å²) in [6.45, 7) is 3.40. The van der Waals surface area contributed by atoms with Crippen molar-refractivity contribution in [1.29, 1.82) is 0 Å². The van der Waals surface area contributed by atoms with Gasteiger partial charge in [-0.05, 0) is 54.8 Å². The highest BCUT2D eigenvalue weighted by Gasteiger charge is 2.30. The smallest absolute Gasteiger partial charge is 0.416 e. The molecule has 0 spiro atoms. The van der Waals surface area contributed by atoms with Crippen molar-refractivity contribution in [3.05, 3.63) is 64.2 Å². The van der Waals surface area contributed by atoms with Crippen LogP contribution in [0.15, 0.2) is 41.4 Å². The van der Waals surface area contributed by atoms with Crippen molar-refractivity contribution in [1.82, 2.24) is 4.90 Å². The Labute approximate surface area is 156 Å². The van der Waals surface area contributed by atoms with Gasteiger partial charge in [0.05, 0.1) is 23.2 Å².